The Labute approximate surface area is 106 Å². The third kappa shape index (κ3) is 3.94. The van der Waals surface area contributed by atoms with Crippen molar-refractivity contribution < 1.29 is 14.7 Å². The van der Waals surface area contributed by atoms with Crippen molar-refractivity contribution in [2.75, 3.05) is 13.2 Å². The lowest BCUT2D eigenvalue weighted by atomic mass is 10.1. The number of hydrogen-bond acceptors (Lipinski definition) is 4. The maximum absolute atomic E-state index is 10.9. The number of fused-ring (bicyclic) bond motifs is 1. The Bertz CT molecular complexity index is 381. The quantitative estimate of drug-likeness (QED) is 0.541. The van der Waals surface area contributed by atoms with Crippen molar-refractivity contribution in [3.05, 3.63) is 35.4 Å². The molecule has 0 bridgehead atoms. The fourth-order valence-corrected chi connectivity index (χ4v) is 1.55. The zero-order valence-corrected chi connectivity index (χ0v) is 10.2. The van der Waals surface area contributed by atoms with Crippen LogP contribution in [0.3, 0.4) is 0 Å². The lowest BCUT2D eigenvalue weighted by Gasteiger charge is -1.90. The van der Waals surface area contributed by atoms with Crippen LogP contribution in [-0.4, -0.2) is 30.1 Å². The zero-order valence-electron chi connectivity index (χ0n) is 10.2. The highest BCUT2D eigenvalue weighted by atomic mass is 16.3. The van der Waals surface area contributed by atoms with Crippen LogP contribution in [-0.2, 0) is 0 Å². The molecule has 98 valence electrons. The van der Waals surface area contributed by atoms with E-state index in [1.165, 1.54) is 0 Å². The number of aliphatic hydroxyl groups is 1. The van der Waals surface area contributed by atoms with Gasteiger partial charge in [-0.3, -0.25) is 14.9 Å². The van der Waals surface area contributed by atoms with Gasteiger partial charge in [0, 0.05) is 6.61 Å². The predicted octanol–water partition coefficient (Wildman–Crippen LogP) is 0.678. The van der Waals surface area contributed by atoms with E-state index in [0.717, 1.165) is 25.8 Å². The summed E-state index contributed by atoms with van der Waals surface area (Å²) in [6, 6.07) is 6.74. The first kappa shape index (κ1) is 14.3. The molecule has 4 N–H and O–H groups in total. The molecule has 0 fully saturated rings. The SMILES string of the molecule is NCCCCCO.O=C1NC(=O)c2ccccc21. The number of hydrogen-bond donors (Lipinski definition) is 3. The van der Waals surface area contributed by atoms with Gasteiger partial charge in [0.1, 0.15) is 0 Å². The minimum absolute atomic E-state index is 0.300. The first-order valence-corrected chi connectivity index (χ1v) is 5.96. The number of carbonyl (C=O) groups is 2. The van der Waals surface area contributed by atoms with Gasteiger partial charge in [0.2, 0.25) is 0 Å². The van der Waals surface area contributed by atoms with Gasteiger partial charge in [-0.05, 0) is 37.9 Å². The number of amides is 2. The molecule has 18 heavy (non-hydrogen) atoms. The van der Waals surface area contributed by atoms with Crippen LogP contribution in [0.4, 0.5) is 0 Å². The van der Waals surface area contributed by atoms with E-state index in [4.69, 9.17) is 10.8 Å². The topological polar surface area (TPSA) is 92.4 Å². The van der Waals surface area contributed by atoms with E-state index in [2.05, 4.69) is 5.32 Å². The van der Waals surface area contributed by atoms with Gasteiger partial charge < -0.3 is 10.8 Å². The van der Waals surface area contributed by atoms with Gasteiger partial charge in [-0.25, -0.2) is 0 Å². The molecule has 0 saturated carbocycles. The lowest BCUT2D eigenvalue weighted by Crippen LogP contribution is -2.19. The number of benzene rings is 1. The molecule has 0 aliphatic carbocycles. The van der Waals surface area contributed by atoms with E-state index in [1.54, 1.807) is 24.3 Å². The molecule has 1 heterocycles. The molecule has 0 radical (unpaired) electrons. The van der Waals surface area contributed by atoms with Gasteiger partial charge in [0.05, 0.1) is 11.1 Å². The van der Waals surface area contributed by atoms with Crippen molar-refractivity contribution in [3.63, 3.8) is 0 Å². The molecular weight excluding hydrogens is 232 g/mol. The van der Waals surface area contributed by atoms with Gasteiger partial charge in [-0.1, -0.05) is 12.1 Å². The number of carbonyl (C=O) groups excluding carboxylic acids is 2. The molecule has 1 aliphatic heterocycles. The number of unbranched alkanes of at least 4 members (excludes halogenated alkanes) is 2. The zero-order chi connectivity index (χ0) is 13.4. The second-order valence-corrected chi connectivity index (χ2v) is 3.90. The summed E-state index contributed by atoms with van der Waals surface area (Å²) in [5.41, 5.74) is 6.13. The monoisotopic (exact) mass is 250 g/mol. The van der Waals surface area contributed by atoms with Crippen molar-refractivity contribution in [1.82, 2.24) is 5.32 Å². The predicted molar refractivity (Wildman–Crippen MR) is 68.2 cm³/mol. The van der Waals surface area contributed by atoms with E-state index in [0.29, 0.717) is 17.7 Å². The van der Waals surface area contributed by atoms with Crippen LogP contribution in [0, 0.1) is 0 Å². The highest BCUT2D eigenvalue weighted by Gasteiger charge is 2.25. The number of aliphatic hydroxyl groups excluding tert-OH is 1. The molecule has 1 aromatic carbocycles. The normalized spacial score (nSPS) is 12.6. The van der Waals surface area contributed by atoms with Gasteiger partial charge in [0.15, 0.2) is 0 Å². The molecule has 5 nitrogen and oxygen atoms in total. The van der Waals surface area contributed by atoms with Crippen LogP contribution in [0.5, 0.6) is 0 Å². The second-order valence-electron chi connectivity index (χ2n) is 3.90. The molecule has 0 spiro atoms. The maximum Gasteiger partial charge on any atom is 0.258 e. The third-order valence-corrected chi connectivity index (χ3v) is 2.51. The van der Waals surface area contributed by atoms with Crippen LogP contribution >= 0.6 is 0 Å². The lowest BCUT2D eigenvalue weighted by molar-refractivity contribution is 0.0879. The first-order valence-electron chi connectivity index (χ1n) is 5.96. The Hall–Kier alpha value is -1.72. The highest BCUT2D eigenvalue weighted by Crippen LogP contribution is 2.13. The average molecular weight is 250 g/mol. The van der Waals surface area contributed by atoms with Crippen molar-refractivity contribution in [2.24, 2.45) is 5.73 Å². The minimum Gasteiger partial charge on any atom is -0.396 e. The Morgan fingerprint density at radius 3 is 2.00 bits per heavy atom. The Morgan fingerprint density at radius 2 is 1.56 bits per heavy atom. The molecule has 2 amide bonds. The molecule has 5 heteroatoms. The van der Waals surface area contributed by atoms with Crippen LogP contribution in [0.15, 0.2) is 24.3 Å². The number of nitrogens with two attached hydrogens (primary N) is 1. The van der Waals surface area contributed by atoms with E-state index in [1.807, 2.05) is 0 Å². The minimum atomic E-state index is -0.300. The van der Waals surface area contributed by atoms with Crippen LogP contribution in [0.2, 0.25) is 0 Å². The van der Waals surface area contributed by atoms with Crippen molar-refractivity contribution in [1.29, 1.82) is 0 Å². The number of rotatable bonds is 4. The van der Waals surface area contributed by atoms with E-state index >= 15 is 0 Å². The fourth-order valence-electron chi connectivity index (χ4n) is 1.55. The molecule has 0 aromatic heterocycles. The summed E-state index contributed by atoms with van der Waals surface area (Å²) < 4.78 is 0. The van der Waals surface area contributed by atoms with E-state index < -0.39 is 0 Å². The summed E-state index contributed by atoms with van der Waals surface area (Å²) in [4.78, 5) is 21.9. The van der Waals surface area contributed by atoms with E-state index in [-0.39, 0.29) is 11.8 Å². The second kappa shape index (κ2) is 7.58. The van der Waals surface area contributed by atoms with Gasteiger partial charge in [-0.15, -0.1) is 0 Å². The summed E-state index contributed by atoms with van der Waals surface area (Å²) in [7, 11) is 0. The number of nitrogens with one attached hydrogen (secondary N) is 1. The summed E-state index contributed by atoms with van der Waals surface area (Å²) in [5, 5.41) is 10.5. The van der Waals surface area contributed by atoms with Crippen LogP contribution in [0.25, 0.3) is 0 Å². The van der Waals surface area contributed by atoms with Gasteiger partial charge >= 0.3 is 0 Å². The van der Waals surface area contributed by atoms with Gasteiger partial charge in [0.25, 0.3) is 11.8 Å². The van der Waals surface area contributed by atoms with Crippen LogP contribution < -0.4 is 11.1 Å². The molecule has 0 unspecified atom stereocenters. The maximum atomic E-state index is 10.9. The Morgan fingerprint density at radius 1 is 1.00 bits per heavy atom. The molecular formula is C13H18N2O3. The summed E-state index contributed by atoms with van der Waals surface area (Å²) in [5.74, 6) is -0.601. The number of imide groups is 1. The molecule has 1 aromatic rings. The smallest absolute Gasteiger partial charge is 0.258 e. The van der Waals surface area contributed by atoms with Crippen molar-refractivity contribution >= 4 is 11.8 Å². The molecule has 0 saturated heterocycles. The first-order chi connectivity index (χ1) is 8.70. The largest absolute Gasteiger partial charge is 0.396 e. The highest BCUT2D eigenvalue weighted by molar-refractivity contribution is 6.21. The summed E-state index contributed by atoms with van der Waals surface area (Å²) in [6.45, 7) is 1.06. The average Bonchev–Trinajstić information content (AvgIpc) is 2.67. The summed E-state index contributed by atoms with van der Waals surface area (Å²) in [6.07, 6.45) is 3.00. The molecule has 0 atom stereocenters. The van der Waals surface area contributed by atoms with Crippen molar-refractivity contribution in [3.8, 4) is 0 Å². The molecule has 2 rings (SSSR count). The van der Waals surface area contributed by atoms with E-state index in [9.17, 15) is 9.59 Å². The standard InChI is InChI=1S/C8H5NO2.C5H13NO/c10-7-5-3-1-2-4-6(5)8(11)9-7;6-4-2-1-3-5-7/h1-4H,(H,9,10,11);7H,1-6H2. The third-order valence-electron chi connectivity index (χ3n) is 2.51. The molecule has 1 aliphatic rings. The fraction of sp³-hybridized carbons (Fsp3) is 0.385. The Balaban J connectivity index is 0.000000203. The van der Waals surface area contributed by atoms with Crippen molar-refractivity contribution in [2.45, 2.75) is 19.3 Å². The van der Waals surface area contributed by atoms with Gasteiger partial charge in [-0.2, -0.15) is 0 Å². The van der Waals surface area contributed by atoms with Crippen LogP contribution in [0.1, 0.15) is 40.0 Å². The Kier molecular flexibility index (Phi) is 6.04. The summed E-state index contributed by atoms with van der Waals surface area (Å²) >= 11 is 0.